The van der Waals surface area contributed by atoms with Crippen LogP contribution in [0.3, 0.4) is 0 Å². The van der Waals surface area contributed by atoms with Crippen LogP contribution in [0.25, 0.3) is 0 Å². The molecule has 0 saturated heterocycles. The first-order chi connectivity index (χ1) is 11.3. The van der Waals surface area contributed by atoms with Crippen molar-refractivity contribution in [2.75, 3.05) is 0 Å². The summed E-state index contributed by atoms with van der Waals surface area (Å²) in [7, 11) is 0. The largest absolute Gasteiger partial charge is 0.273 e. The molecule has 1 aromatic carbocycles. The summed E-state index contributed by atoms with van der Waals surface area (Å²) in [4.78, 5) is 24.4. The molecule has 1 aromatic rings. The van der Waals surface area contributed by atoms with Gasteiger partial charge in [0, 0.05) is 11.5 Å². The molecular weight excluding hydrogens is 307 g/mol. The van der Waals surface area contributed by atoms with Gasteiger partial charge in [0.05, 0.1) is 0 Å². The summed E-state index contributed by atoms with van der Waals surface area (Å²) in [6.45, 7) is 8.21. The van der Waals surface area contributed by atoms with Crippen molar-refractivity contribution in [1.82, 2.24) is 10.9 Å². The van der Waals surface area contributed by atoms with Gasteiger partial charge in [-0.3, -0.25) is 20.4 Å². The van der Waals surface area contributed by atoms with E-state index in [0.717, 1.165) is 38.2 Å². The van der Waals surface area contributed by atoms with Crippen molar-refractivity contribution in [2.45, 2.75) is 59.8 Å². The number of unbranched alkanes of at least 4 members (excludes halogenated alkanes) is 3. The molecule has 0 aliphatic heterocycles. The van der Waals surface area contributed by atoms with Gasteiger partial charge in [-0.25, -0.2) is 4.39 Å². The Kier molecular flexibility index (Phi) is 7.89. The third-order valence-corrected chi connectivity index (χ3v) is 4.09. The van der Waals surface area contributed by atoms with Crippen molar-refractivity contribution >= 4 is 11.8 Å². The highest BCUT2D eigenvalue weighted by Crippen LogP contribution is 2.30. The molecular formula is C19H29FN2O2. The van der Waals surface area contributed by atoms with E-state index in [0.29, 0.717) is 0 Å². The van der Waals surface area contributed by atoms with Crippen molar-refractivity contribution in [3.05, 3.63) is 35.6 Å². The zero-order valence-electron chi connectivity index (χ0n) is 15.1. The molecule has 0 spiro atoms. The molecule has 0 aliphatic carbocycles. The second-order valence-electron chi connectivity index (χ2n) is 7.22. The van der Waals surface area contributed by atoms with E-state index in [1.807, 2.05) is 20.8 Å². The van der Waals surface area contributed by atoms with E-state index in [2.05, 4.69) is 17.8 Å². The van der Waals surface area contributed by atoms with E-state index in [-0.39, 0.29) is 22.8 Å². The first kappa shape index (κ1) is 20.1. The van der Waals surface area contributed by atoms with Crippen molar-refractivity contribution in [2.24, 2.45) is 11.3 Å². The van der Waals surface area contributed by atoms with Crippen LogP contribution in [-0.4, -0.2) is 11.8 Å². The molecule has 0 saturated carbocycles. The monoisotopic (exact) mass is 336 g/mol. The van der Waals surface area contributed by atoms with Gasteiger partial charge in [-0.05, 0) is 30.0 Å². The Bertz CT molecular complexity index is 553. The molecule has 24 heavy (non-hydrogen) atoms. The molecule has 1 rings (SSSR count). The number of amides is 2. The lowest BCUT2D eigenvalue weighted by Crippen LogP contribution is -2.47. The second-order valence-corrected chi connectivity index (χ2v) is 7.22. The molecule has 5 heteroatoms. The molecule has 1 atom stereocenters. The molecule has 0 radical (unpaired) electrons. The van der Waals surface area contributed by atoms with Gasteiger partial charge < -0.3 is 0 Å². The van der Waals surface area contributed by atoms with Crippen LogP contribution in [0, 0.1) is 17.2 Å². The number of carbonyl (C=O) groups excluding carboxylic acids is 2. The Labute approximate surface area is 144 Å². The Hall–Kier alpha value is -1.91. The quantitative estimate of drug-likeness (QED) is 0.578. The predicted octanol–water partition coefficient (Wildman–Crippen LogP) is 4.22. The fourth-order valence-corrected chi connectivity index (χ4v) is 2.64. The van der Waals surface area contributed by atoms with Crippen LogP contribution in [0.2, 0.25) is 0 Å². The van der Waals surface area contributed by atoms with Crippen molar-refractivity contribution in [3.8, 4) is 0 Å². The van der Waals surface area contributed by atoms with Crippen LogP contribution in [0.4, 0.5) is 4.39 Å². The topological polar surface area (TPSA) is 58.2 Å². The number of rotatable bonds is 7. The average molecular weight is 336 g/mol. The van der Waals surface area contributed by atoms with E-state index in [1.54, 1.807) is 0 Å². The maximum absolute atomic E-state index is 13.1. The highest BCUT2D eigenvalue weighted by Gasteiger charge is 2.30. The number of hydrogen-bond acceptors (Lipinski definition) is 2. The van der Waals surface area contributed by atoms with Crippen LogP contribution >= 0.6 is 0 Å². The Morgan fingerprint density at radius 2 is 1.83 bits per heavy atom. The van der Waals surface area contributed by atoms with Crippen LogP contribution in [-0.2, 0) is 4.79 Å². The number of nitrogens with one attached hydrogen (secondary N) is 2. The molecule has 4 nitrogen and oxygen atoms in total. The maximum Gasteiger partial charge on any atom is 0.269 e. The zero-order chi connectivity index (χ0) is 18.2. The number of carbonyl (C=O) groups is 2. The van der Waals surface area contributed by atoms with Gasteiger partial charge in [0.25, 0.3) is 5.91 Å². The predicted molar refractivity (Wildman–Crippen MR) is 93.7 cm³/mol. The molecule has 2 N–H and O–H groups in total. The summed E-state index contributed by atoms with van der Waals surface area (Å²) < 4.78 is 13.1. The lowest BCUT2D eigenvalue weighted by molar-refractivity contribution is -0.129. The number of benzene rings is 1. The standard InChI is InChI=1S/C19H29FN2O2/c1-5-6-7-8-12-16(19(2,3)4)18(24)22-21-17(23)14-10-9-11-15(20)13-14/h9-11,13,16H,5-8,12H2,1-4H3,(H,21,23)(H,22,24). The minimum atomic E-state index is -0.526. The summed E-state index contributed by atoms with van der Waals surface area (Å²) >= 11 is 0. The van der Waals surface area contributed by atoms with Gasteiger partial charge >= 0.3 is 0 Å². The Morgan fingerprint density at radius 1 is 1.12 bits per heavy atom. The Balaban J connectivity index is 2.59. The van der Waals surface area contributed by atoms with Crippen LogP contribution < -0.4 is 10.9 Å². The van der Waals surface area contributed by atoms with Gasteiger partial charge in [0.1, 0.15) is 5.82 Å². The van der Waals surface area contributed by atoms with E-state index in [1.165, 1.54) is 18.2 Å². The third kappa shape index (κ3) is 6.69. The first-order valence-corrected chi connectivity index (χ1v) is 8.61. The molecule has 2 amide bonds. The number of hydrazine groups is 1. The number of halogens is 1. The lowest BCUT2D eigenvalue weighted by Gasteiger charge is -2.29. The maximum atomic E-state index is 13.1. The highest BCUT2D eigenvalue weighted by atomic mass is 19.1. The Morgan fingerprint density at radius 3 is 2.42 bits per heavy atom. The minimum Gasteiger partial charge on any atom is -0.273 e. The van der Waals surface area contributed by atoms with E-state index < -0.39 is 11.7 Å². The summed E-state index contributed by atoms with van der Waals surface area (Å²) in [5, 5.41) is 0. The first-order valence-electron chi connectivity index (χ1n) is 8.61. The van der Waals surface area contributed by atoms with Crippen molar-refractivity contribution < 1.29 is 14.0 Å². The zero-order valence-corrected chi connectivity index (χ0v) is 15.1. The van der Waals surface area contributed by atoms with Crippen LogP contribution in [0.1, 0.15) is 70.2 Å². The lowest BCUT2D eigenvalue weighted by atomic mass is 9.77. The molecule has 134 valence electrons. The van der Waals surface area contributed by atoms with E-state index >= 15 is 0 Å². The highest BCUT2D eigenvalue weighted by molar-refractivity contribution is 5.95. The summed E-state index contributed by atoms with van der Waals surface area (Å²) in [6, 6.07) is 5.35. The minimum absolute atomic E-state index is 0.172. The van der Waals surface area contributed by atoms with Gasteiger partial charge in [-0.15, -0.1) is 0 Å². The molecule has 0 bridgehead atoms. The molecule has 0 aromatic heterocycles. The van der Waals surface area contributed by atoms with E-state index in [9.17, 15) is 14.0 Å². The van der Waals surface area contributed by atoms with Crippen LogP contribution in [0.5, 0.6) is 0 Å². The molecule has 0 heterocycles. The average Bonchev–Trinajstić information content (AvgIpc) is 2.51. The van der Waals surface area contributed by atoms with Gasteiger partial charge in [0.15, 0.2) is 0 Å². The summed E-state index contributed by atoms with van der Waals surface area (Å²) in [5.74, 6) is -1.41. The summed E-state index contributed by atoms with van der Waals surface area (Å²) in [6.07, 6.45) is 5.18. The SMILES string of the molecule is CCCCCCC(C(=O)NNC(=O)c1cccc(F)c1)C(C)(C)C. The normalized spacial score (nSPS) is 12.5. The third-order valence-electron chi connectivity index (χ3n) is 4.09. The number of hydrogen-bond donors (Lipinski definition) is 2. The fraction of sp³-hybridized carbons (Fsp3) is 0.579. The van der Waals surface area contributed by atoms with Gasteiger partial charge in [0.2, 0.25) is 5.91 Å². The van der Waals surface area contributed by atoms with Gasteiger partial charge in [-0.2, -0.15) is 0 Å². The molecule has 0 aliphatic rings. The van der Waals surface area contributed by atoms with Crippen molar-refractivity contribution in [3.63, 3.8) is 0 Å². The second kappa shape index (κ2) is 9.40. The van der Waals surface area contributed by atoms with E-state index in [4.69, 9.17) is 0 Å². The molecule has 1 unspecified atom stereocenters. The fourth-order valence-electron chi connectivity index (χ4n) is 2.64. The smallest absolute Gasteiger partial charge is 0.269 e. The van der Waals surface area contributed by atoms with Crippen LogP contribution in [0.15, 0.2) is 24.3 Å². The molecule has 0 fully saturated rings. The van der Waals surface area contributed by atoms with Gasteiger partial charge in [-0.1, -0.05) is 59.4 Å². The van der Waals surface area contributed by atoms with Crippen molar-refractivity contribution in [1.29, 1.82) is 0 Å². The summed E-state index contributed by atoms with van der Waals surface area (Å²) in [5.41, 5.74) is 4.84.